The van der Waals surface area contributed by atoms with Crippen LogP contribution in [0.5, 0.6) is 0 Å². The van der Waals surface area contributed by atoms with Gasteiger partial charge in [-0.2, -0.15) is 0 Å². The van der Waals surface area contributed by atoms with E-state index in [1.165, 1.54) is 4.90 Å². The zero-order valence-corrected chi connectivity index (χ0v) is 15.6. The highest BCUT2D eigenvalue weighted by Crippen LogP contribution is 2.23. The fraction of sp³-hybridized carbons (Fsp3) is 0.250. The molecule has 0 saturated heterocycles. The maximum Gasteiger partial charge on any atom is 0.289 e. The van der Waals surface area contributed by atoms with Gasteiger partial charge in [-0.05, 0) is 24.3 Å². The van der Waals surface area contributed by atoms with Gasteiger partial charge in [0.2, 0.25) is 0 Å². The monoisotopic (exact) mass is 366 g/mol. The number of hydrogen-bond donors (Lipinski definition) is 1. The lowest BCUT2D eigenvalue weighted by Crippen LogP contribution is -2.26. The number of aromatic nitrogens is 2. The van der Waals surface area contributed by atoms with Crippen LogP contribution < -0.4 is 5.32 Å². The molecular formula is C20H22N4O3. The Morgan fingerprint density at radius 2 is 1.89 bits per heavy atom. The van der Waals surface area contributed by atoms with Crippen molar-refractivity contribution in [1.29, 1.82) is 0 Å². The van der Waals surface area contributed by atoms with Crippen LogP contribution in [0.2, 0.25) is 0 Å². The van der Waals surface area contributed by atoms with Crippen molar-refractivity contribution in [3.63, 3.8) is 0 Å². The third-order valence-corrected chi connectivity index (χ3v) is 4.21. The zero-order chi connectivity index (χ0) is 19.4. The Kier molecular flexibility index (Phi) is 5.40. The molecule has 0 radical (unpaired) electrons. The van der Waals surface area contributed by atoms with Gasteiger partial charge in [0, 0.05) is 57.6 Å². The van der Waals surface area contributed by atoms with Crippen LogP contribution in [0, 0.1) is 0 Å². The molecule has 0 saturated carbocycles. The summed E-state index contributed by atoms with van der Waals surface area (Å²) < 4.78 is 7.54. The first kappa shape index (κ1) is 18.4. The maximum atomic E-state index is 12.3. The quantitative estimate of drug-likeness (QED) is 0.726. The topological polar surface area (TPSA) is 80.4 Å². The van der Waals surface area contributed by atoms with E-state index in [0.717, 1.165) is 11.4 Å². The van der Waals surface area contributed by atoms with Crippen molar-refractivity contribution >= 4 is 11.8 Å². The summed E-state index contributed by atoms with van der Waals surface area (Å²) in [7, 11) is 5.27. The summed E-state index contributed by atoms with van der Waals surface area (Å²) in [6.45, 7) is 0.514. The van der Waals surface area contributed by atoms with Crippen molar-refractivity contribution in [2.45, 2.75) is 6.42 Å². The Labute approximate surface area is 157 Å². The largest absolute Gasteiger partial charge is 0.451 e. The van der Waals surface area contributed by atoms with Gasteiger partial charge in [0.05, 0.1) is 0 Å². The molecule has 0 aliphatic heterocycles. The minimum Gasteiger partial charge on any atom is -0.451 e. The average Bonchev–Trinajstić information content (AvgIpc) is 3.30. The number of furan rings is 1. The molecule has 1 N–H and O–H groups in total. The lowest BCUT2D eigenvalue weighted by atomic mass is 10.1. The summed E-state index contributed by atoms with van der Waals surface area (Å²) in [4.78, 5) is 29.9. The summed E-state index contributed by atoms with van der Waals surface area (Å²) in [5.41, 5.74) is 1.37. The van der Waals surface area contributed by atoms with Crippen LogP contribution in [0.1, 0.15) is 26.7 Å². The highest BCUT2D eigenvalue weighted by molar-refractivity contribution is 5.94. The molecular weight excluding hydrogens is 344 g/mol. The molecule has 0 fully saturated rings. The summed E-state index contributed by atoms with van der Waals surface area (Å²) in [5.74, 6) is 1.46. The SMILES string of the molecule is CN(C)C(=O)c1ccc(-c2ccc(C(=O)NCCc3nccn3C)cc2)o1. The number of carbonyl (C=O) groups excluding carboxylic acids is 2. The molecule has 0 atom stereocenters. The number of benzene rings is 1. The van der Waals surface area contributed by atoms with Gasteiger partial charge < -0.3 is 19.2 Å². The van der Waals surface area contributed by atoms with Crippen molar-refractivity contribution in [3.05, 3.63) is 65.9 Å². The van der Waals surface area contributed by atoms with Crippen LogP contribution in [0.25, 0.3) is 11.3 Å². The highest BCUT2D eigenvalue weighted by atomic mass is 16.4. The van der Waals surface area contributed by atoms with E-state index in [-0.39, 0.29) is 17.6 Å². The van der Waals surface area contributed by atoms with Crippen molar-refractivity contribution in [2.75, 3.05) is 20.6 Å². The molecule has 2 heterocycles. The van der Waals surface area contributed by atoms with Gasteiger partial charge in [-0.15, -0.1) is 0 Å². The van der Waals surface area contributed by atoms with E-state index >= 15 is 0 Å². The fourth-order valence-corrected chi connectivity index (χ4v) is 2.64. The van der Waals surface area contributed by atoms with Crippen molar-refractivity contribution in [2.24, 2.45) is 7.05 Å². The van der Waals surface area contributed by atoms with Crippen molar-refractivity contribution in [3.8, 4) is 11.3 Å². The van der Waals surface area contributed by atoms with Gasteiger partial charge in [0.15, 0.2) is 5.76 Å². The number of hydrogen-bond acceptors (Lipinski definition) is 4. The Bertz CT molecular complexity index is 938. The molecule has 0 bridgehead atoms. The summed E-state index contributed by atoms with van der Waals surface area (Å²) >= 11 is 0. The summed E-state index contributed by atoms with van der Waals surface area (Å²) in [6.07, 6.45) is 4.28. The van der Waals surface area contributed by atoms with E-state index in [4.69, 9.17) is 4.42 Å². The lowest BCUT2D eigenvalue weighted by Gasteiger charge is -2.07. The minimum atomic E-state index is -0.190. The fourth-order valence-electron chi connectivity index (χ4n) is 2.64. The van der Waals surface area contributed by atoms with E-state index in [0.29, 0.717) is 24.3 Å². The summed E-state index contributed by atoms with van der Waals surface area (Å²) in [5, 5.41) is 2.89. The maximum absolute atomic E-state index is 12.3. The summed E-state index contributed by atoms with van der Waals surface area (Å²) in [6, 6.07) is 10.5. The molecule has 0 aliphatic carbocycles. The van der Waals surface area contributed by atoms with Crippen LogP contribution in [0.4, 0.5) is 0 Å². The van der Waals surface area contributed by atoms with Gasteiger partial charge in [-0.1, -0.05) is 12.1 Å². The van der Waals surface area contributed by atoms with Crippen molar-refractivity contribution in [1.82, 2.24) is 19.8 Å². The number of imidazole rings is 1. The Hall–Kier alpha value is -3.35. The van der Waals surface area contributed by atoms with Gasteiger partial charge in [0.25, 0.3) is 11.8 Å². The molecule has 2 amide bonds. The van der Waals surface area contributed by atoms with Crippen molar-refractivity contribution < 1.29 is 14.0 Å². The van der Waals surface area contributed by atoms with E-state index in [1.54, 1.807) is 56.7 Å². The molecule has 140 valence electrons. The average molecular weight is 366 g/mol. The molecule has 3 aromatic rings. The first-order valence-electron chi connectivity index (χ1n) is 8.62. The van der Waals surface area contributed by atoms with Crippen LogP contribution in [0.3, 0.4) is 0 Å². The van der Waals surface area contributed by atoms with Gasteiger partial charge >= 0.3 is 0 Å². The molecule has 0 unspecified atom stereocenters. The van der Waals surface area contributed by atoms with Crippen LogP contribution >= 0.6 is 0 Å². The number of carbonyl (C=O) groups is 2. The predicted octanol–water partition coefficient (Wildman–Crippen LogP) is 2.35. The number of nitrogens with zero attached hydrogens (tertiary/aromatic N) is 3. The minimum absolute atomic E-state index is 0.140. The van der Waals surface area contributed by atoms with Gasteiger partial charge in [-0.3, -0.25) is 9.59 Å². The van der Waals surface area contributed by atoms with E-state index < -0.39 is 0 Å². The first-order chi connectivity index (χ1) is 13.0. The zero-order valence-electron chi connectivity index (χ0n) is 15.6. The van der Waals surface area contributed by atoms with Gasteiger partial charge in [0.1, 0.15) is 11.6 Å². The Morgan fingerprint density at radius 3 is 2.52 bits per heavy atom. The molecule has 3 rings (SSSR count). The predicted molar refractivity (Wildman–Crippen MR) is 101 cm³/mol. The van der Waals surface area contributed by atoms with E-state index in [9.17, 15) is 9.59 Å². The second-order valence-corrected chi connectivity index (χ2v) is 6.40. The van der Waals surface area contributed by atoms with E-state index in [1.807, 2.05) is 17.8 Å². The normalized spacial score (nSPS) is 10.6. The standard InChI is InChI=1S/C20H22N4O3/c1-23(2)20(26)17-9-8-16(27-17)14-4-6-15(7-5-14)19(25)22-11-10-18-21-12-13-24(18)3/h4-9,12-13H,10-11H2,1-3H3,(H,22,25). The second-order valence-electron chi connectivity index (χ2n) is 6.40. The molecule has 27 heavy (non-hydrogen) atoms. The molecule has 2 aromatic heterocycles. The third kappa shape index (κ3) is 4.25. The molecule has 0 aliphatic rings. The Morgan fingerprint density at radius 1 is 1.15 bits per heavy atom. The van der Waals surface area contributed by atoms with Gasteiger partial charge in [-0.25, -0.2) is 4.98 Å². The molecule has 0 spiro atoms. The van der Waals surface area contributed by atoms with E-state index in [2.05, 4.69) is 10.3 Å². The van der Waals surface area contributed by atoms with Crippen LogP contribution in [-0.2, 0) is 13.5 Å². The van der Waals surface area contributed by atoms with Crippen LogP contribution in [0.15, 0.2) is 53.2 Å². The third-order valence-electron chi connectivity index (χ3n) is 4.21. The first-order valence-corrected chi connectivity index (χ1v) is 8.62. The lowest BCUT2D eigenvalue weighted by molar-refractivity contribution is 0.0797. The Balaban J connectivity index is 1.60. The number of nitrogens with one attached hydrogen (secondary N) is 1. The number of aryl methyl sites for hydroxylation is 1. The second kappa shape index (κ2) is 7.90. The smallest absolute Gasteiger partial charge is 0.289 e. The van der Waals surface area contributed by atoms with Crippen LogP contribution in [-0.4, -0.2) is 46.9 Å². The molecule has 7 nitrogen and oxygen atoms in total. The molecule has 7 heteroatoms. The number of rotatable bonds is 6. The highest BCUT2D eigenvalue weighted by Gasteiger charge is 2.14. The number of amides is 2. The molecule has 1 aromatic carbocycles.